The summed E-state index contributed by atoms with van der Waals surface area (Å²) in [6.07, 6.45) is 9.43. The summed E-state index contributed by atoms with van der Waals surface area (Å²) in [6, 6.07) is 0.558. The number of imidazole rings is 1. The molecule has 2 aromatic rings. The zero-order chi connectivity index (χ0) is 14.2. The number of likely N-dealkylation sites (N-methyl/N-ethyl adjacent to an activating group) is 1. The van der Waals surface area contributed by atoms with Gasteiger partial charge in [0.1, 0.15) is 0 Å². The fraction of sp³-hybridized carbons (Fsp3) is 0.688. The monoisotopic (exact) mass is 291 g/mol. The van der Waals surface area contributed by atoms with Crippen LogP contribution in [0.4, 0.5) is 0 Å². The van der Waals surface area contributed by atoms with Gasteiger partial charge in [0.15, 0.2) is 4.96 Å². The maximum atomic E-state index is 4.76. The van der Waals surface area contributed by atoms with Crippen LogP contribution in [0.5, 0.6) is 0 Å². The van der Waals surface area contributed by atoms with Crippen molar-refractivity contribution < 1.29 is 0 Å². The lowest BCUT2D eigenvalue weighted by atomic mass is 9.76. The second-order valence-corrected chi connectivity index (χ2v) is 7.55. The van der Waals surface area contributed by atoms with Gasteiger partial charge in [-0.05, 0) is 30.7 Å². The highest BCUT2D eigenvalue weighted by Gasteiger charge is 2.39. The Morgan fingerprint density at radius 2 is 2.40 bits per heavy atom. The van der Waals surface area contributed by atoms with Crippen LogP contribution in [0.25, 0.3) is 4.96 Å². The molecule has 0 saturated heterocycles. The SMILES string of the molecule is CCNC(Cc1cn2ccsc2n1)C1CCCC1(C)C. The first-order valence-corrected chi connectivity index (χ1v) is 8.62. The third kappa shape index (κ3) is 2.63. The van der Waals surface area contributed by atoms with Gasteiger partial charge in [0.25, 0.3) is 0 Å². The van der Waals surface area contributed by atoms with Gasteiger partial charge in [0.2, 0.25) is 0 Å². The van der Waals surface area contributed by atoms with Crippen LogP contribution < -0.4 is 5.32 Å². The Balaban J connectivity index is 1.78. The van der Waals surface area contributed by atoms with Crippen LogP contribution in [0.2, 0.25) is 0 Å². The van der Waals surface area contributed by atoms with Crippen molar-refractivity contribution in [3.05, 3.63) is 23.5 Å². The predicted octanol–water partition coefficient (Wildman–Crippen LogP) is 3.74. The van der Waals surface area contributed by atoms with E-state index in [0.717, 1.165) is 23.8 Å². The second kappa shape index (κ2) is 5.49. The maximum Gasteiger partial charge on any atom is 0.193 e. The van der Waals surface area contributed by atoms with Gasteiger partial charge in [-0.25, -0.2) is 4.98 Å². The lowest BCUT2D eigenvalue weighted by Gasteiger charge is -2.34. The molecule has 1 fully saturated rings. The van der Waals surface area contributed by atoms with Crippen molar-refractivity contribution in [1.29, 1.82) is 0 Å². The molecule has 0 spiro atoms. The molecule has 2 unspecified atom stereocenters. The molecule has 110 valence electrons. The number of hydrogen-bond donors (Lipinski definition) is 1. The zero-order valence-corrected chi connectivity index (χ0v) is 13.5. The van der Waals surface area contributed by atoms with E-state index in [1.54, 1.807) is 11.3 Å². The van der Waals surface area contributed by atoms with E-state index in [1.807, 2.05) is 0 Å². The minimum absolute atomic E-state index is 0.462. The molecule has 2 atom stereocenters. The summed E-state index contributed by atoms with van der Waals surface area (Å²) in [6.45, 7) is 8.11. The number of nitrogens with zero attached hydrogens (tertiary/aromatic N) is 2. The third-order valence-electron chi connectivity index (χ3n) is 4.86. The fourth-order valence-electron chi connectivity index (χ4n) is 3.82. The Morgan fingerprint density at radius 3 is 3.05 bits per heavy atom. The molecular formula is C16H25N3S. The maximum absolute atomic E-state index is 4.76. The van der Waals surface area contributed by atoms with E-state index in [4.69, 9.17) is 4.98 Å². The van der Waals surface area contributed by atoms with Crippen molar-refractivity contribution in [2.45, 2.75) is 52.5 Å². The molecular weight excluding hydrogens is 266 g/mol. The second-order valence-electron chi connectivity index (χ2n) is 6.68. The Labute approximate surface area is 125 Å². The summed E-state index contributed by atoms with van der Waals surface area (Å²) < 4.78 is 2.14. The standard InChI is InChI=1S/C16H25N3S/c1-4-17-14(13-6-5-7-16(13,2)3)10-12-11-19-8-9-20-15(19)18-12/h8-9,11,13-14,17H,4-7,10H2,1-3H3. The van der Waals surface area contributed by atoms with Gasteiger partial charge >= 0.3 is 0 Å². The van der Waals surface area contributed by atoms with E-state index in [9.17, 15) is 0 Å². The highest BCUT2D eigenvalue weighted by molar-refractivity contribution is 7.15. The number of rotatable bonds is 5. The van der Waals surface area contributed by atoms with Crippen molar-refractivity contribution in [3.8, 4) is 0 Å². The molecule has 2 heterocycles. The van der Waals surface area contributed by atoms with Crippen LogP contribution in [-0.4, -0.2) is 22.0 Å². The van der Waals surface area contributed by atoms with E-state index < -0.39 is 0 Å². The average Bonchev–Trinajstić information content (AvgIpc) is 3.02. The molecule has 2 aromatic heterocycles. The fourth-order valence-corrected chi connectivity index (χ4v) is 4.54. The molecule has 4 heteroatoms. The van der Waals surface area contributed by atoms with Crippen LogP contribution in [0.3, 0.4) is 0 Å². The van der Waals surface area contributed by atoms with Gasteiger partial charge in [-0.1, -0.05) is 27.2 Å². The van der Waals surface area contributed by atoms with E-state index in [1.165, 1.54) is 25.0 Å². The first-order chi connectivity index (χ1) is 9.60. The van der Waals surface area contributed by atoms with Crippen LogP contribution in [-0.2, 0) is 6.42 Å². The Morgan fingerprint density at radius 1 is 1.55 bits per heavy atom. The van der Waals surface area contributed by atoms with Gasteiger partial charge in [-0.15, -0.1) is 11.3 Å². The van der Waals surface area contributed by atoms with E-state index in [2.05, 4.69) is 48.3 Å². The summed E-state index contributed by atoms with van der Waals surface area (Å²) >= 11 is 1.71. The molecule has 1 aliphatic carbocycles. The average molecular weight is 291 g/mol. The number of hydrogen-bond acceptors (Lipinski definition) is 3. The van der Waals surface area contributed by atoms with Gasteiger partial charge in [0, 0.05) is 30.2 Å². The number of thiazole rings is 1. The lowest BCUT2D eigenvalue weighted by molar-refractivity contribution is 0.196. The topological polar surface area (TPSA) is 29.3 Å². The smallest absolute Gasteiger partial charge is 0.193 e. The highest BCUT2D eigenvalue weighted by Crippen LogP contribution is 2.44. The Bertz CT molecular complexity index is 541. The molecule has 20 heavy (non-hydrogen) atoms. The van der Waals surface area contributed by atoms with E-state index >= 15 is 0 Å². The number of fused-ring (bicyclic) bond motifs is 1. The van der Waals surface area contributed by atoms with Gasteiger partial charge in [0.05, 0.1) is 5.69 Å². The number of nitrogens with one attached hydrogen (secondary N) is 1. The van der Waals surface area contributed by atoms with Crippen LogP contribution >= 0.6 is 11.3 Å². The van der Waals surface area contributed by atoms with Crippen molar-refractivity contribution in [1.82, 2.24) is 14.7 Å². The summed E-state index contributed by atoms with van der Waals surface area (Å²) in [5.41, 5.74) is 1.69. The van der Waals surface area contributed by atoms with Gasteiger partial charge in [-0.3, -0.25) is 4.40 Å². The first-order valence-electron chi connectivity index (χ1n) is 7.74. The Kier molecular flexibility index (Phi) is 3.87. The number of aromatic nitrogens is 2. The largest absolute Gasteiger partial charge is 0.314 e. The van der Waals surface area contributed by atoms with Crippen molar-refractivity contribution in [2.75, 3.05) is 6.54 Å². The van der Waals surface area contributed by atoms with E-state index in [-0.39, 0.29) is 0 Å². The summed E-state index contributed by atoms with van der Waals surface area (Å²) in [5.74, 6) is 0.766. The van der Waals surface area contributed by atoms with Crippen molar-refractivity contribution in [2.24, 2.45) is 11.3 Å². The third-order valence-corrected chi connectivity index (χ3v) is 5.63. The van der Waals surface area contributed by atoms with Crippen molar-refractivity contribution in [3.63, 3.8) is 0 Å². The minimum Gasteiger partial charge on any atom is -0.314 e. The predicted molar refractivity (Wildman–Crippen MR) is 85.4 cm³/mol. The molecule has 0 amide bonds. The molecule has 0 aliphatic heterocycles. The molecule has 3 nitrogen and oxygen atoms in total. The lowest BCUT2D eigenvalue weighted by Crippen LogP contribution is -2.42. The molecule has 0 aromatic carbocycles. The van der Waals surface area contributed by atoms with Crippen molar-refractivity contribution >= 4 is 16.3 Å². The van der Waals surface area contributed by atoms with Gasteiger partial charge < -0.3 is 5.32 Å². The van der Waals surface area contributed by atoms with Gasteiger partial charge in [-0.2, -0.15) is 0 Å². The summed E-state index contributed by atoms with van der Waals surface area (Å²) in [4.78, 5) is 5.87. The molecule has 1 saturated carbocycles. The first kappa shape index (κ1) is 14.1. The Hall–Kier alpha value is -0.870. The summed E-state index contributed by atoms with van der Waals surface area (Å²) in [7, 11) is 0. The molecule has 0 bridgehead atoms. The molecule has 1 N–H and O–H groups in total. The van der Waals surface area contributed by atoms with Crippen LogP contribution in [0.1, 0.15) is 45.7 Å². The van der Waals surface area contributed by atoms with Crippen LogP contribution in [0.15, 0.2) is 17.8 Å². The van der Waals surface area contributed by atoms with Crippen LogP contribution in [0, 0.1) is 11.3 Å². The van der Waals surface area contributed by atoms with E-state index in [0.29, 0.717) is 11.5 Å². The molecule has 0 radical (unpaired) electrons. The minimum atomic E-state index is 0.462. The zero-order valence-electron chi connectivity index (χ0n) is 12.7. The quantitative estimate of drug-likeness (QED) is 0.909. The normalized spacial score (nSPS) is 23.4. The summed E-state index contributed by atoms with van der Waals surface area (Å²) in [5, 5.41) is 5.81. The highest BCUT2D eigenvalue weighted by atomic mass is 32.1. The molecule has 1 aliphatic rings. The molecule has 3 rings (SSSR count).